The average Bonchev–Trinajstić information content (AvgIpc) is 1.84. The van der Waals surface area contributed by atoms with E-state index in [1.165, 1.54) is 0 Å². The third kappa shape index (κ3) is 4.22. The molecule has 1 N–H and O–H groups in total. The van der Waals surface area contributed by atoms with Gasteiger partial charge < -0.3 is 5.11 Å². The number of aliphatic hydroxyl groups is 1. The minimum absolute atomic E-state index is 0.643. The predicted molar refractivity (Wildman–Crippen MR) is 40.3 cm³/mol. The minimum Gasteiger partial charge on any atom is -0.386 e. The van der Waals surface area contributed by atoms with E-state index in [4.69, 9.17) is 0 Å². The van der Waals surface area contributed by atoms with Crippen LogP contribution in [0.5, 0.6) is 0 Å². The summed E-state index contributed by atoms with van der Waals surface area (Å²) in [5.41, 5.74) is -0.643. The van der Waals surface area contributed by atoms with Crippen molar-refractivity contribution >= 4 is 0 Å². The summed E-state index contributed by atoms with van der Waals surface area (Å²) in [4.78, 5) is 0. The molecule has 0 amide bonds. The third-order valence-corrected chi connectivity index (χ3v) is 1.48. The van der Waals surface area contributed by atoms with E-state index < -0.39 is 5.60 Å². The lowest BCUT2D eigenvalue weighted by molar-refractivity contribution is 0.0995. The molecule has 0 aliphatic heterocycles. The van der Waals surface area contributed by atoms with Crippen molar-refractivity contribution in [3.8, 4) is 0 Å². The van der Waals surface area contributed by atoms with Crippen molar-refractivity contribution < 1.29 is 5.11 Å². The number of hydrogen-bond acceptors (Lipinski definition) is 1. The summed E-state index contributed by atoms with van der Waals surface area (Å²) in [5, 5.41) is 9.34. The van der Waals surface area contributed by atoms with Gasteiger partial charge in [0.1, 0.15) is 0 Å². The molecule has 1 atom stereocenters. The maximum atomic E-state index is 9.34. The summed E-state index contributed by atoms with van der Waals surface area (Å²) in [7, 11) is 0. The zero-order valence-electron chi connectivity index (χ0n) is 6.35. The largest absolute Gasteiger partial charge is 0.386 e. The molecule has 54 valence electrons. The fourth-order valence-electron chi connectivity index (χ4n) is 0.637. The maximum Gasteiger partial charge on any atom is 0.0797 e. The first-order chi connectivity index (χ1) is 4.12. The first-order valence-corrected chi connectivity index (χ1v) is 3.48. The van der Waals surface area contributed by atoms with E-state index in [0.29, 0.717) is 0 Å². The van der Waals surface area contributed by atoms with Crippen LogP contribution in [0.25, 0.3) is 0 Å². The fraction of sp³-hybridized carbons (Fsp3) is 0.750. The van der Waals surface area contributed by atoms with Gasteiger partial charge in [0, 0.05) is 0 Å². The van der Waals surface area contributed by atoms with Crippen LogP contribution in [0.2, 0.25) is 0 Å². The second kappa shape index (κ2) is 3.67. The molecular formula is C8H16O. The van der Waals surface area contributed by atoms with E-state index in [0.717, 1.165) is 19.3 Å². The summed E-state index contributed by atoms with van der Waals surface area (Å²) in [6.07, 6.45) is 4.62. The van der Waals surface area contributed by atoms with Gasteiger partial charge in [0.2, 0.25) is 0 Å². The highest BCUT2D eigenvalue weighted by molar-refractivity contribution is 4.90. The Hall–Kier alpha value is -0.300. The van der Waals surface area contributed by atoms with Crippen LogP contribution in [0, 0.1) is 0 Å². The quantitative estimate of drug-likeness (QED) is 0.575. The Morgan fingerprint density at radius 3 is 2.56 bits per heavy atom. The molecule has 0 aliphatic rings. The molecule has 9 heavy (non-hydrogen) atoms. The van der Waals surface area contributed by atoms with Gasteiger partial charge in [-0.25, -0.2) is 0 Å². The van der Waals surface area contributed by atoms with Crippen LogP contribution >= 0.6 is 0 Å². The van der Waals surface area contributed by atoms with E-state index in [9.17, 15) is 5.11 Å². The maximum absolute atomic E-state index is 9.34. The molecule has 1 unspecified atom stereocenters. The first-order valence-electron chi connectivity index (χ1n) is 3.48. The van der Waals surface area contributed by atoms with Gasteiger partial charge in [-0.3, -0.25) is 0 Å². The van der Waals surface area contributed by atoms with Gasteiger partial charge in [-0.2, -0.15) is 0 Å². The van der Waals surface area contributed by atoms with Crippen LogP contribution in [-0.2, 0) is 0 Å². The van der Waals surface area contributed by atoms with Crippen LogP contribution in [0.15, 0.2) is 12.7 Å². The van der Waals surface area contributed by atoms with Crippen LogP contribution in [-0.4, -0.2) is 10.7 Å². The second-order valence-corrected chi connectivity index (χ2v) is 2.66. The number of unbranched alkanes of at least 4 members (excludes halogenated alkanes) is 1. The molecule has 0 bridgehead atoms. The van der Waals surface area contributed by atoms with Crippen molar-refractivity contribution in [3.63, 3.8) is 0 Å². The second-order valence-electron chi connectivity index (χ2n) is 2.66. The highest BCUT2D eigenvalue weighted by Crippen LogP contribution is 2.13. The van der Waals surface area contributed by atoms with Crippen molar-refractivity contribution in [3.05, 3.63) is 12.7 Å². The molecule has 0 rings (SSSR count). The van der Waals surface area contributed by atoms with E-state index in [2.05, 4.69) is 13.5 Å². The zero-order chi connectivity index (χ0) is 7.33. The van der Waals surface area contributed by atoms with Gasteiger partial charge >= 0.3 is 0 Å². The molecule has 0 aromatic rings. The summed E-state index contributed by atoms with van der Waals surface area (Å²) in [6, 6.07) is 0. The SMILES string of the molecule is C=CC(C)(O)CCCC. The Bertz CT molecular complexity index is 84.6. The fourth-order valence-corrected chi connectivity index (χ4v) is 0.637. The molecule has 1 nitrogen and oxygen atoms in total. The van der Waals surface area contributed by atoms with Crippen LogP contribution in [0.1, 0.15) is 33.1 Å². The van der Waals surface area contributed by atoms with Crippen LogP contribution in [0.3, 0.4) is 0 Å². The normalized spacial score (nSPS) is 16.8. The Labute approximate surface area is 57.4 Å². The minimum atomic E-state index is -0.643. The van der Waals surface area contributed by atoms with E-state index >= 15 is 0 Å². The number of hydrogen-bond donors (Lipinski definition) is 1. The summed E-state index contributed by atoms with van der Waals surface area (Å²) < 4.78 is 0. The topological polar surface area (TPSA) is 20.2 Å². The molecule has 0 aromatic heterocycles. The predicted octanol–water partition coefficient (Wildman–Crippen LogP) is 2.11. The van der Waals surface area contributed by atoms with Crippen molar-refractivity contribution in [2.24, 2.45) is 0 Å². The van der Waals surface area contributed by atoms with Gasteiger partial charge in [0.05, 0.1) is 5.60 Å². The van der Waals surface area contributed by atoms with Crippen molar-refractivity contribution in [2.45, 2.75) is 38.7 Å². The Morgan fingerprint density at radius 1 is 1.67 bits per heavy atom. The van der Waals surface area contributed by atoms with Crippen LogP contribution < -0.4 is 0 Å². The van der Waals surface area contributed by atoms with Crippen LogP contribution in [0.4, 0.5) is 0 Å². The molecule has 0 heterocycles. The molecule has 0 fully saturated rings. The molecule has 1 heteroatoms. The van der Waals surface area contributed by atoms with Crippen molar-refractivity contribution in [2.75, 3.05) is 0 Å². The van der Waals surface area contributed by atoms with Gasteiger partial charge in [0.15, 0.2) is 0 Å². The molecule has 0 aromatic carbocycles. The van der Waals surface area contributed by atoms with E-state index in [-0.39, 0.29) is 0 Å². The Kier molecular flexibility index (Phi) is 3.55. The lowest BCUT2D eigenvalue weighted by Crippen LogP contribution is -2.19. The van der Waals surface area contributed by atoms with Crippen molar-refractivity contribution in [1.29, 1.82) is 0 Å². The molecule has 0 spiro atoms. The Balaban J connectivity index is 3.45. The monoisotopic (exact) mass is 128 g/mol. The standard InChI is InChI=1S/C8H16O/c1-4-6-7-8(3,9)5-2/h5,9H,2,4,6-7H2,1,3H3. The summed E-state index contributed by atoms with van der Waals surface area (Å²) in [5.74, 6) is 0. The van der Waals surface area contributed by atoms with E-state index in [1.54, 1.807) is 13.0 Å². The van der Waals surface area contributed by atoms with Gasteiger partial charge in [-0.05, 0) is 13.3 Å². The van der Waals surface area contributed by atoms with Gasteiger partial charge in [-0.15, -0.1) is 6.58 Å². The van der Waals surface area contributed by atoms with E-state index in [1.807, 2.05) is 0 Å². The average molecular weight is 128 g/mol. The lowest BCUT2D eigenvalue weighted by atomic mass is 10.00. The highest BCUT2D eigenvalue weighted by Gasteiger charge is 2.12. The summed E-state index contributed by atoms with van der Waals surface area (Å²) in [6.45, 7) is 7.43. The first kappa shape index (κ1) is 8.70. The smallest absolute Gasteiger partial charge is 0.0797 e. The molecule has 0 saturated heterocycles. The zero-order valence-corrected chi connectivity index (χ0v) is 6.35. The number of rotatable bonds is 4. The Morgan fingerprint density at radius 2 is 2.22 bits per heavy atom. The third-order valence-electron chi connectivity index (χ3n) is 1.48. The summed E-state index contributed by atoms with van der Waals surface area (Å²) >= 11 is 0. The van der Waals surface area contributed by atoms with Gasteiger partial charge in [-0.1, -0.05) is 25.8 Å². The lowest BCUT2D eigenvalue weighted by Gasteiger charge is -2.16. The molecule has 0 saturated carbocycles. The van der Waals surface area contributed by atoms with Crippen molar-refractivity contribution in [1.82, 2.24) is 0 Å². The molecule has 0 radical (unpaired) electrons. The molecule has 0 aliphatic carbocycles. The highest BCUT2D eigenvalue weighted by atomic mass is 16.3. The van der Waals surface area contributed by atoms with Gasteiger partial charge in [0.25, 0.3) is 0 Å². The molecular weight excluding hydrogens is 112 g/mol.